The number of rotatable bonds is 5. The predicted molar refractivity (Wildman–Crippen MR) is 122 cm³/mol. The minimum absolute atomic E-state index is 0.0909. The molecule has 0 spiro atoms. The molecule has 1 aromatic carbocycles. The molecule has 2 aliphatic rings. The molecule has 2 fully saturated rings. The molecule has 1 saturated heterocycles. The van der Waals surface area contributed by atoms with E-state index in [1.807, 2.05) is 12.1 Å². The molecule has 8 heteroatoms. The van der Waals surface area contributed by atoms with Crippen LogP contribution in [0, 0.1) is 11.3 Å². The summed E-state index contributed by atoms with van der Waals surface area (Å²) in [4.78, 5) is 31.0. The van der Waals surface area contributed by atoms with E-state index in [0.29, 0.717) is 22.7 Å². The van der Waals surface area contributed by atoms with Crippen molar-refractivity contribution in [1.29, 1.82) is 5.26 Å². The highest BCUT2D eigenvalue weighted by atomic mass is 35.5. The van der Waals surface area contributed by atoms with Crippen molar-refractivity contribution in [2.75, 3.05) is 20.6 Å². The van der Waals surface area contributed by atoms with Gasteiger partial charge in [0.1, 0.15) is 5.54 Å². The Morgan fingerprint density at radius 3 is 2.72 bits per heavy atom. The summed E-state index contributed by atoms with van der Waals surface area (Å²) in [7, 11) is 3.38. The third-order valence-electron chi connectivity index (χ3n) is 6.17. The van der Waals surface area contributed by atoms with Crippen LogP contribution in [-0.2, 0) is 4.79 Å². The van der Waals surface area contributed by atoms with Crippen molar-refractivity contribution in [2.45, 2.75) is 43.2 Å². The van der Waals surface area contributed by atoms with Gasteiger partial charge in [-0.1, -0.05) is 24.1 Å². The highest BCUT2D eigenvalue weighted by Crippen LogP contribution is 2.51. The van der Waals surface area contributed by atoms with Gasteiger partial charge in [-0.15, -0.1) is 0 Å². The van der Waals surface area contributed by atoms with Crippen LogP contribution in [0.1, 0.15) is 47.5 Å². The summed E-state index contributed by atoms with van der Waals surface area (Å²) < 4.78 is 0. The number of hydrogen-bond acceptors (Lipinski definition) is 5. The summed E-state index contributed by atoms with van der Waals surface area (Å²) in [5.41, 5.74) is 1.95. The van der Waals surface area contributed by atoms with Crippen molar-refractivity contribution >= 4 is 23.4 Å². The molecule has 7 nitrogen and oxygen atoms in total. The minimum Gasteiger partial charge on any atom is -0.345 e. The van der Waals surface area contributed by atoms with Crippen LogP contribution < -0.4 is 10.6 Å². The summed E-state index contributed by atoms with van der Waals surface area (Å²) >= 11 is 6.23. The SMILES string of the molecule is CN(C)C(=O)c1cc(Cl)cc(-c2ccc([C@@H]3CC3(C#N)NC(=O)[C@@H]3CCCCN3)cn2)c1. The lowest BCUT2D eigenvalue weighted by atomic mass is 10.0. The molecule has 3 atom stereocenters. The second kappa shape index (κ2) is 8.89. The standard InChI is InChI=1S/C24H26ClN5O2/c1-30(2)23(32)17-9-16(10-18(25)11-17)20-7-6-15(13-28-20)19-12-24(19,14-26)29-22(31)21-5-3-4-8-27-21/h6-7,9-11,13,19,21,27H,3-5,8,12H2,1-2H3,(H,29,31)/t19-,21-,24?/m0/s1. The molecular formula is C24H26ClN5O2. The first kappa shape index (κ1) is 22.3. The van der Waals surface area contributed by atoms with Crippen molar-refractivity contribution in [3.8, 4) is 17.3 Å². The van der Waals surface area contributed by atoms with Crippen LogP contribution in [-0.4, -0.2) is 53.9 Å². The van der Waals surface area contributed by atoms with E-state index in [0.717, 1.165) is 36.9 Å². The fourth-order valence-electron chi connectivity index (χ4n) is 4.24. The van der Waals surface area contributed by atoms with Crippen LogP contribution in [0.5, 0.6) is 0 Å². The van der Waals surface area contributed by atoms with Crippen LogP contribution in [0.2, 0.25) is 5.02 Å². The molecule has 1 aliphatic carbocycles. The molecule has 2 N–H and O–H groups in total. The Labute approximate surface area is 192 Å². The molecule has 32 heavy (non-hydrogen) atoms. The molecule has 1 aliphatic heterocycles. The van der Waals surface area contributed by atoms with Gasteiger partial charge in [-0.3, -0.25) is 14.6 Å². The lowest BCUT2D eigenvalue weighted by Crippen LogP contribution is -2.50. The van der Waals surface area contributed by atoms with Gasteiger partial charge < -0.3 is 15.5 Å². The number of pyridine rings is 1. The second-order valence-corrected chi connectivity index (χ2v) is 9.17. The maximum absolute atomic E-state index is 12.6. The van der Waals surface area contributed by atoms with Crippen LogP contribution in [0.15, 0.2) is 36.5 Å². The monoisotopic (exact) mass is 451 g/mol. The summed E-state index contributed by atoms with van der Waals surface area (Å²) in [5, 5.41) is 16.4. The zero-order valence-corrected chi connectivity index (χ0v) is 18.9. The normalized spacial score (nSPS) is 24.3. The van der Waals surface area contributed by atoms with E-state index in [4.69, 9.17) is 11.6 Å². The van der Waals surface area contributed by atoms with Crippen LogP contribution in [0.25, 0.3) is 11.3 Å². The topological polar surface area (TPSA) is 98.1 Å². The maximum Gasteiger partial charge on any atom is 0.253 e. The van der Waals surface area contributed by atoms with Gasteiger partial charge in [-0.25, -0.2) is 0 Å². The Morgan fingerprint density at radius 2 is 2.09 bits per heavy atom. The molecule has 1 saturated carbocycles. The molecule has 2 amide bonds. The Kier molecular flexibility index (Phi) is 6.18. The largest absolute Gasteiger partial charge is 0.345 e. The molecular weight excluding hydrogens is 426 g/mol. The van der Waals surface area contributed by atoms with E-state index < -0.39 is 5.54 Å². The summed E-state index contributed by atoms with van der Waals surface area (Å²) in [6.07, 6.45) is 5.20. The second-order valence-electron chi connectivity index (χ2n) is 8.74. The van der Waals surface area contributed by atoms with Gasteiger partial charge in [-0.05, 0) is 55.6 Å². The molecule has 0 bridgehead atoms. The third-order valence-corrected chi connectivity index (χ3v) is 6.39. The molecule has 1 aromatic heterocycles. The first-order valence-electron chi connectivity index (χ1n) is 10.8. The van der Waals surface area contributed by atoms with Gasteiger partial charge in [0, 0.05) is 42.4 Å². The number of carbonyl (C=O) groups is 2. The highest BCUT2D eigenvalue weighted by Gasteiger charge is 2.57. The van der Waals surface area contributed by atoms with E-state index in [-0.39, 0.29) is 23.8 Å². The number of hydrogen-bond donors (Lipinski definition) is 2. The van der Waals surface area contributed by atoms with Gasteiger partial charge in [-0.2, -0.15) is 5.26 Å². The van der Waals surface area contributed by atoms with Crippen LogP contribution >= 0.6 is 11.6 Å². The number of benzene rings is 1. The molecule has 0 radical (unpaired) electrons. The fraction of sp³-hybridized carbons (Fsp3) is 0.417. The minimum atomic E-state index is -0.874. The van der Waals surface area contributed by atoms with Crippen molar-refractivity contribution < 1.29 is 9.59 Å². The van der Waals surface area contributed by atoms with Crippen molar-refractivity contribution in [2.24, 2.45) is 0 Å². The van der Waals surface area contributed by atoms with Crippen molar-refractivity contribution in [1.82, 2.24) is 20.5 Å². The van der Waals surface area contributed by atoms with Gasteiger partial charge in [0.15, 0.2) is 0 Å². The van der Waals surface area contributed by atoms with Crippen LogP contribution in [0.4, 0.5) is 0 Å². The molecule has 2 aromatic rings. The first-order valence-corrected chi connectivity index (χ1v) is 11.2. The number of nitrogens with one attached hydrogen (secondary N) is 2. The first-order chi connectivity index (χ1) is 15.3. The number of carbonyl (C=O) groups excluding carboxylic acids is 2. The van der Waals surface area contributed by atoms with Gasteiger partial charge >= 0.3 is 0 Å². The zero-order chi connectivity index (χ0) is 22.9. The van der Waals surface area contributed by atoms with E-state index in [1.165, 1.54) is 4.90 Å². The molecule has 166 valence electrons. The lowest BCUT2D eigenvalue weighted by Gasteiger charge is -2.24. The summed E-state index contributed by atoms with van der Waals surface area (Å²) in [6, 6.07) is 11.0. The lowest BCUT2D eigenvalue weighted by molar-refractivity contribution is -0.124. The molecule has 4 rings (SSSR count). The number of amides is 2. The Hall–Kier alpha value is -2.95. The van der Waals surface area contributed by atoms with Crippen molar-refractivity contribution in [3.63, 3.8) is 0 Å². The number of nitrogens with zero attached hydrogens (tertiary/aromatic N) is 3. The van der Waals surface area contributed by atoms with E-state index in [9.17, 15) is 14.9 Å². The van der Waals surface area contributed by atoms with E-state index >= 15 is 0 Å². The predicted octanol–water partition coefficient (Wildman–Crippen LogP) is 3.11. The highest BCUT2D eigenvalue weighted by molar-refractivity contribution is 6.31. The van der Waals surface area contributed by atoms with E-state index in [2.05, 4.69) is 21.7 Å². The Bertz CT molecular complexity index is 1070. The number of nitriles is 1. The summed E-state index contributed by atoms with van der Waals surface area (Å²) in [6.45, 7) is 0.831. The average molecular weight is 452 g/mol. The van der Waals surface area contributed by atoms with Gasteiger partial charge in [0.05, 0.1) is 17.8 Å². The smallest absolute Gasteiger partial charge is 0.253 e. The number of halogens is 1. The molecule has 2 heterocycles. The van der Waals surface area contributed by atoms with Crippen molar-refractivity contribution in [3.05, 3.63) is 52.7 Å². The van der Waals surface area contributed by atoms with Crippen LogP contribution in [0.3, 0.4) is 0 Å². The van der Waals surface area contributed by atoms with E-state index in [1.54, 1.807) is 38.5 Å². The van der Waals surface area contributed by atoms with Gasteiger partial charge in [0.2, 0.25) is 5.91 Å². The third kappa shape index (κ3) is 4.47. The number of aromatic nitrogens is 1. The maximum atomic E-state index is 12.6. The Morgan fingerprint density at radius 1 is 1.28 bits per heavy atom. The summed E-state index contributed by atoms with van der Waals surface area (Å²) in [5.74, 6) is -0.326. The fourth-order valence-corrected chi connectivity index (χ4v) is 4.47. The number of piperidine rings is 1. The molecule has 1 unspecified atom stereocenters. The quantitative estimate of drug-likeness (QED) is 0.727. The Balaban J connectivity index is 1.49. The van der Waals surface area contributed by atoms with Gasteiger partial charge in [0.25, 0.3) is 5.91 Å². The average Bonchev–Trinajstić information content (AvgIpc) is 3.53. The zero-order valence-electron chi connectivity index (χ0n) is 18.2.